The number of aryl methyl sites for hydroxylation is 1. The molecule has 0 aliphatic rings. The SMILES string of the molecule is Cc1ccc(S(=O)(=O)Nc2ccc(-c3cc(C(F)(F)F)nn3-c3ccccc3)cc2)cc1. The third kappa shape index (κ3) is 4.52. The lowest BCUT2D eigenvalue weighted by Crippen LogP contribution is -2.12. The van der Waals surface area contributed by atoms with Crippen LogP contribution in [0, 0.1) is 6.92 Å². The predicted molar refractivity (Wildman–Crippen MR) is 116 cm³/mol. The summed E-state index contributed by atoms with van der Waals surface area (Å²) in [6.07, 6.45) is -4.60. The van der Waals surface area contributed by atoms with Crippen molar-refractivity contribution in [1.82, 2.24) is 9.78 Å². The molecule has 0 amide bonds. The van der Waals surface area contributed by atoms with E-state index in [1.165, 1.54) is 28.9 Å². The maximum Gasteiger partial charge on any atom is 0.435 e. The van der Waals surface area contributed by atoms with Gasteiger partial charge >= 0.3 is 6.18 Å². The Labute approximate surface area is 183 Å². The number of benzene rings is 3. The molecule has 0 atom stereocenters. The van der Waals surface area contributed by atoms with Gasteiger partial charge in [-0.2, -0.15) is 18.3 Å². The minimum atomic E-state index is -4.60. The third-order valence-electron chi connectivity index (χ3n) is 4.76. The Morgan fingerprint density at radius 1 is 0.875 bits per heavy atom. The molecular formula is C23H18F3N3O2S. The summed E-state index contributed by atoms with van der Waals surface area (Å²) in [5, 5.41) is 3.74. The van der Waals surface area contributed by atoms with Crippen LogP contribution in [0.3, 0.4) is 0 Å². The molecule has 0 aliphatic heterocycles. The average Bonchev–Trinajstić information content (AvgIpc) is 3.21. The van der Waals surface area contributed by atoms with Gasteiger partial charge in [0, 0.05) is 11.3 Å². The number of sulfonamides is 1. The second kappa shape index (κ2) is 8.16. The molecular weight excluding hydrogens is 439 g/mol. The summed E-state index contributed by atoms with van der Waals surface area (Å²) in [5.74, 6) is 0. The number of rotatable bonds is 5. The highest BCUT2D eigenvalue weighted by Gasteiger charge is 2.35. The molecule has 4 aromatic rings. The maximum atomic E-state index is 13.3. The van der Waals surface area contributed by atoms with Crippen molar-refractivity contribution < 1.29 is 21.6 Å². The van der Waals surface area contributed by atoms with E-state index in [0.29, 0.717) is 11.3 Å². The summed E-state index contributed by atoms with van der Waals surface area (Å²) >= 11 is 0. The molecule has 0 saturated heterocycles. The number of anilines is 1. The van der Waals surface area contributed by atoms with Gasteiger partial charge in [-0.3, -0.25) is 4.72 Å². The van der Waals surface area contributed by atoms with E-state index >= 15 is 0 Å². The van der Waals surface area contributed by atoms with Gasteiger partial charge in [0.05, 0.1) is 16.3 Å². The average molecular weight is 457 g/mol. The second-order valence-corrected chi connectivity index (χ2v) is 8.84. The number of para-hydroxylation sites is 1. The van der Waals surface area contributed by atoms with Gasteiger partial charge in [0.2, 0.25) is 0 Å². The van der Waals surface area contributed by atoms with Crippen molar-refractivity contribution >= 4 is 15.7 Å². The van der Waals surface area contributed by atoms with E-state index in [-0.39, 0.29) is 16.3 Å². The molecule has 0 aliphatic carbocycles. The number of nitrogens with one attached hydrogen (secondary N) is 1. The van der Waals surface area contributed by atoms with Crippen LogP contribution in [0.1, 0.15) is 11.3 Å². The highest BCUT2D eigenvalue weighted by atomic mass is 32.2. The van der Waals surface area contributed by atoms with Crippen molar-refractivity contribution in [3.8, 4) is 16.9 Å². The van der Waals surface area contributed by atoms with Gasteiger partial charge in [-0.15, -0.1) is 0 Å². The molecule has 1 heterocycles. The lowest BCUT2D eigenvalue weighted by atomic mass is 10.1. The van der Waals surface area contributed by atoms with Gasteiger partial charge in [0.15, 0.2) is 5.69 Å². The van der Waals surface area contributed by atoms with Crippen molar-refractivity contribution in [2.75, 3.05) is 4.72 Å². The van der Waals surface area contributed by atoms with Crippen LogP contribution in [0.2, 0.25) is 0 Å². The topological polar surface area (TPSA) is 64.0 Å². The van der Waals surface area contributed by atoms with E-state index in [0.717, 1.165) is 11.6 Å². The van der Waals surface area contributed by atoms with Gasteiger partial charge in [0.1, 0.15) is 0 Å². The monoisotopic (exact) mass is 457 g/mol. The summed E-state index contributed by atoms with van der Waals surface area (Å²) < 4.78 is 68.7. The molecule has 0 radical (unpaired) electrons. The number of hydrogen-bond donors (Lipinski definition) is 1. The van der Waals surface area contributed by atoms with Crippen LogP contribution in [-0.4, -0.2) is 18.2 Å². The lowest BCUT2D eigenvalue weighted by molar-refractivity contribution is -0.141. The Morgan fingerprint density at radius 2 is 1.50 bits per heavy atom. The number of hydrogen-bond acceptors (Lipinski definition) is 3. The van der Waals surface area contributed by atoms with E-state index in [1.807, 2.05) is 6.92 Å². The number of nitrogens with zero attached hydrogens (tertiary/aromatic N) is 2. The Kier molecular flexibility index (Phi) is 5.52. The Morgan fingerprint density at radius 3 is 2.09 bits per heavy atom. The molecule has 32 heavy (non-hydrogen) atoms. The first-order valence-electron chi connectivity index (χ1n) is 9.56. The normalized spacial score (nSPS) is 12.0. The molecule has 3 aromatic carbocycles. The van der Waals surface area contributed by atoms with Gasteiger partial charge in [0.25, 0.3) is 10.0 Å². The first kappa shape index (κ1) is 21.6. The molecule has 1 aromatic heterocycles. The second-order valence-electron chi connectivity index (χ2n) is 7.16. The highest BCUT2D eigenvalue weighted by Crippen LogP contribution is 2.33. The number of halogens is 3. The molecule has 9 heteroatoms. The van der Waals surface area contributed by atoms with Crippen LogP contribution in [0.4, 0.5) is 18.9 Å². The Bertz CT molecular complexity index is 1330. The molecule has 164 valence electrons. The van der Waals surface area contributed by atoms with E-state index in [4.69, 9.17) is 0 Å². The number of aromatic nitrogens is 2. The van der Waals surface area contributed by atoms with Gasteiger partial charge in [-0.25, -0.2) is 13.1 Å². The molecule has 0 fully saturated rings. The van der Waals surface area contributed by atoms with Crippen molar-refractivity contribution in [2.45, 2.75) is 18.0 Å². The fourth-order valence-corrected chi connectivity index (χ4v) is 4.19. The summed E-state index contributed by atoms with van der Waals surface area (Å²) in [6, 6.07) is 21.9. The maximum absolute atomic E-state index is 13.3. The summed E-state index contributed by atoms with van der Waals surface area (Å²) in [4.78, 5) is 0.115. The van der Waals surface area contributed by atoms with E-state index in [1.54, 1.807) is 54.6 Å². The van der Waals surface area contributed by atoms with Gasteiger partial charge < -0.3 is 0 Å². The quantitative estimate of drug-likeness (QED) is 0.420. The molecule has 5 nitrogen and oxygen atoms in total. The van der Waals surface area contributed by atoms with Gasteiger partial charge in [-0.1, -0.05) is 48.0 Å². The summed E-state index contributed by atoms with van der Waals surface area (Å²) in [6.45, 7) is 1.85. The molecule has 4 rings (SSSR count). The summed E-state index contributed by atoms with van der Waals surface area (Å²) in [7, 11) is -3.79. The van der Waals surface area contributed by atoms with Crippen molar-refractivity contribution in [2.24, 2.45) is 0 Å². The molecule has 0 saturated carbocycles. The van der Waals surface area contributed by atoms with E-state index in [9.17, 15) is 21.6 Å². The first-order valence-corrected chi connectivity index (χ1v) is 11.0. The Balaban J connectivity index is 1.67. The molecule has 0 bridgehead atoms. The van der Waals surface area contributed by atoms with Crippen LogP contribution in [0.25, 0.3) is 16.9 Å². The third-order valence-corrected chi connectivity index (χ3v) is 6.16. The first-order chi connectivity index (χ1) is 15.1. The van der Waals surface area contributed by atoms with E-state index in [2.05, 4.69) is 9.82 Å². The zero-order valence-electron chi connectivity index (χ0n) is 16.8. The van der Waals surface area contributed by atoms with Crippen LogP contribution < -0.4 is 4.72 Å². The van der Waals surface area contributed by atoms with E-state index < -0.39 is 21.9 Å². The van der Waals surface area contributed by atoms with Crippen LogP contribution >= 0.6 is 0 Å². The van der Waals surface area contributed by atoms with Crippen molar-refractivity contribution in [3.63, 3.8) is 0 Å². The molecule has 0 unspecified atom stereocenters. The smallest absolute Gasteiger partial charge is 0.280 e. The minimum Gasteiger partial charge on any atom is -0.280 e. The molecule has 0 spiro atoms. The molecule has 1 N–H and O–H groups in total. The zero-order valence-corrected chi connectivity index (χ0v) is 17.7. The highest BCUT2D eigenvalue weighted by molar-refractivity contribution is 7.92. The largest absolute Gasteiger partial charge is 0.435 e. The lowest BCUT2D eigenvalue weighted by Gasteiger charge is -2.10. The van der Waals surface area contributed by atoms with Crippen LogP contribution in [0.5, 0.6) is 0 Å². The van der Waals surface area contributed by atoms with Crippen LogP contribution in [-0.2, 0) is 16.2 Å². The summed E-state index contributed by atoms with van der Waals surface area (Å²) in [5.41, 5.74) is 1.37. The van der Waals surface area contributed by atoms with Gasteiger partial charge in [-0.05, 0) is 49.4 Å². The Hall–Kier alpha value is -3.59. The van der Waals surface area contributed by atoms with Crippen LogP contribution in [0.15, 0.2) is 89.8 Å². The van der Waals surface area contributed by atoms with Crippen molar-refractivity contribution in [1.29, 1.82) is 0 Å². The fourth-order valence-electron chi connectivity index (χ4n) is 3.13. The predicted octanol–water partition coefficient (Wildman–Crippen LogP) is 5.67. The standard InChI is InChI=1S/C23H18F3N3O2S/c1-16-7-13-20(14-8-16)32(30,31)28-18-11-9-17(10-12-18)21-15-22(23(24,25)26)27-29(21)19-5-3-2-4-6-19/h2-15,28H,1H3. The number of alkyl halides is 3. The minimum absolute atomic E-state index is 0.115. The zero-order chi connectivity index (χ0) is 22.9. The van der Waals surface area contributed by atoms with Crippen molar-refractivity contribution in [3.05, 3.63) is 96.2 Å². The fraction of sp³-hybridized carbons (Fsp3) is 0.0870.